The molecule has 0 aromatic heterocycles. The van der Waals surface area contributed by atoms with Crippen molar-refractivity contribution in [3.05, 3.63) is 0 Å². The maximum atomic E-state index is 12.1. The second kappa shape index (κ2) is 6.43. The summed E-state index contributed by atoms with van der Waals surface area (Å²) in [5.74, 6) is -1.35. The average molecular weight is 294 g/mol. The van der Waals surface area contributed by atoms with Crippen molar-refractivity contribution in [2.45, 2.75) is 31.7 Å². The molecule has 3 atom stereocenters. The molecule has 18 heavy (non-hydrogen) atoms. The van der Waals surface area contributed by atoms with E-state index in [1.54, 1.807) is 6.92 Å². The molecule has 0 spiro atoms. The predicted octanol–water partition coefficient (Wildman–Crippen LogP) is 1.20. The molecule has 1 saturated heterocycles. The number of hydrogen-bond acceptors (Lipinski definition) is 4. The van der Waals surface area contributed by atoms with Gasteiger partial charge in [-0.15, -0.1) is 11.6 Å². The van der Waals surface area contributed by atoms with E-state index in [4.69, 9.17) is 16.7 Å². The Hall–Kier alpha value is -0.750. The van der Waals surface area contributed by atoms with E-state index in [9.17, 15) is 14.4 Å². The number of rotatable bonds is 4. The van der Waals surface area contributed by atoms with Crippen LogP contribution >= 0.6 is 23.4 Å². The lowest BCUT2D eigenvalue weighted by atomic mass is 10.1. The first-order valence-corrected chi connectivity index (χ1v) is 7.07. The van der Waals surface area contributed by atoms with Crippen LogP contribution in [-0.4, -0.2) is 50.7 Å². The van der Waals surface area contributed by atoms with Crippen molar-refractivity contribution in [2.75, 3.05) is 12.3 Å². The first-order valence-electron chi connectivity index (χ1n) is 5.65. The molecule has 0 aliphatic carbocycles. The van der Waals surface area contributed by atoms with Crippen molar-refractivity contribution in [2.24, 2.45) is 5.92 Å². The van der Waals surface area contributed by atoms with Crippen molar-refractivity contribution >= 4 is 40.4 Å². The Bertz CT molecular complexity index is 363. The summed E-state index contributed by atoms with van der Waals surface area (Å²) in [5.41, 5.74) is 0. The van der Waals surface area contributed by atoms with E-state index in [2.05, 4.69) is 0 Å². The number of carbonyl (C=O) groups is 3. The Labute approximate surface area is 115 Å². The van der Waals surface area contributed by atoms with Crippen LogP contribution < -0.4 is 0 Å². The largest absolute Gasteiger partial charge is 0.480 e. The molecular formula is C11H16ClNO4S. The Balaban J connectivity index is 2.65. The summed E-state index contributed by atoms with van der Waals surface area (Å²) >= 11 is 6.98. The minimum absolute atomic E-state index is 0.0546. The Morgan fingerprint density at radius 3 is 2.61 bits per heavy atom. The second-order valence-corrected chi connectivity index (χ2v) is 6.08. The third-order valence-corrected chi connectivity index (χ3v) is 4.35. The fourth-order valence-corrected chi connectivity index (χ4v) is 2.86. The van der Waals surface area contributed by atoms with E-state index in [0.717, 1.165) is 11.8 Å². The summed E-state index contributed by atoms with van der Waals surface area (Å²) in [6, 6.07) is -0.955. The number of carboxylic acid groups (broad SMARTS) is 1. The summed E-state index contributed by atoms with van der Waals surface area (Å²) in [4.78, 5) is 35.3. The molecule has 1 N–H and O–H groups in total. The zero-order valence-corrected chi connectivity index (χ0v) is 11.8. The summed E-state index contributed by atoms with van der Waals surface area (Å²) in [6.45, 7) is 3.49. The topological polar surface area (TPSA) is 74.7 Å². The number of halogens is 1. The lowest BCUT2D eigenvalue weighted by molar-refractivity contribution is -0.149. The zero-order chi connectivity index (χ0) is 13.9. The lowest BCUT2D eigenvalue weighted by Gasteiger charge is -2.25. The van der Waals surface area contributed by atoms with Gasteiger partial charge in [-0.25, -0.2) is 4.79 Å². The molecule has 0 aromatic carbocycles. The van der Waals surface area contributed by atoms with Crippen molar-refractivity contribution in [1.82, 2.24) is 4.90 Å². The summed E-state index contributed by atoms with van der Waals surface area (Å²) in [5, 5.41) is 8.47. The van der Waals surface area contributed by atoms with Crippen LogP contribution in [0.15, 0.2) is 0 Å². The molecule has 1 aliphatic heterocycles. The van der Waals surface area contributed by atoms with Crippen LogP contribution in [0, 0.1) is 5.92 Å². The van der Waals surface area contributed by atoms with E-state index >= 15 is 0 Å². The quantitative estimate of drug-likeness (QED) is 0.788. The third-order valence-electron chi connectivity index (χ3n) is 2.82. The van der Waals surface area contributed by atoms with E-state index in [1.165, 1.54) is 11.8 Å². The molecule has 7 heteroatoms. The minimum atomic E-state index is -1.08. The Morgan fingerprint density at radius 1 is 1.50 bits per heavy atom. The van der Waals surface area contributed by atoms with Crippen LogP contribution in [0.3, 0.4) is 0 Å². The maximum absolute atomic E-state index is 12.1. The monoisotopic (exact) mass is 293 g/mol. The SMILES string of the molecule is CC(=O)SCC(C)C(=O)N1CCC(Cl)[C@H]1C(=O)O. The summed E-state index contributed by atoms with van der Waals surface area (Å²) < 4.78 is 0. The number of alkyl halides is 1. The average Bonchev–Trinajstić information content (AvgIpc) is 2.66. The van der Waals surface area contributed by atoms with Gasteiger partial charge in [-0.1, -0.05) is 18.7 Å². The standard InChI is InChI=1S/C11H16ClNO4S/c1-6(5-18-7(2)14)10(15)13-4-3-8(12)9(13)11(16)17/h6,8-9H,3-5H2,1-2H3,(H,16,17)/t6?,8?,9-/m0/s1. The van der Waals surface area contributed by atoms with E-state index < -0.39 is 17.4 Å². The predicted molar refractivity (Wildman–Crippen MR) is 69.7 cm³/mol. The molecule has 1 fully saturated rings. The molecule has 0 saturated carbocycles. The molecule has 1 heterocycles. The van der Waals surface area contributed by atoms with Crippen molar-refractivity contribution < 1.29 is 19.5 Å². The highest BCUT2D eigenvalue weighted by Gasteiger charge is 2.42. The molecule has 1 rings (SSSR count). The van der Waals surface area contributed by atoms with Crippen LogP contribution in [0.2, 0.25) is 0 Å². The van der Waals surface area contributed by atoms with Crippen molar-refractivity contribution in [3.63, 3.8) is 0 Å². The fraction of sp³-hybridized carbons (Fsp3) is 0.727. The number of nitrogens with zero attached hydrogens (tertiary/aromatic N) is 1. The van der Waals surface area contributed by atoms with Gasteiger partial charge in [0.1, 0.15) is 6.04 Å². The van der Waals surface area contributed by atoms with Gasteiger partial charge in [0.2, 0.25) is 5.91 Å². The van der Waals surface area contributed by atoms with Crippen LogP contribution in [-0.2, 0) is 14.4 Å². The van der Waals surface area contributed by atoms with Gasteiger partial charge in [0, 0.05) is 25.1 Å². The van der Waals surface area contributed by atoms with Crippen molar-refractivity contribution in [3.8, 4) is 0 Å². The van der Waals surface area contributed by atoms with Gasteiger partial charge in [0.25, 0.3) is 0 Å². The van der Waals surface area contributed by atoms with Crippen molar-refractivity contribution in [1.29, 1.82) is 0 Å². The van der Waals surface area contributed by atoms with Crippen LogP contribution in [0.1, 0.15) is 20.3 Å². The molecular weight excluding hydrogens is 278 g/mol. The number of carbonyl (C=O) groups excluding carboxylic acids is 2. The third kappa shape index (κ3) is 3.62. The molecule has 1 amide bonds. The summed E-state index contributed by atoms with van der Waals surface area (Å²) in [6.07, 6.45) is 0.483. The Morgan fingerprint density at radius 2 is 2.11 bits per heavy atom. The molecule has 0 aromatic rings. The van der Waals surface area contributed by atoms with Gasteiger partial charge in [-0.3, -0.25) is 9.59 Å². The van der Waals surface area contributed by atoms with Gasteiger partial charge in [0.05, 0.1) is 5.38 Å². The smallest absolute Gasteiger partial charge is 0.327 e. The van der Waals surface area contributed by atoms with Gasteiger partial charge in [0.15, 0.2) is 5.12 Å². The van der Waals surface area contributed by atoms with Crippen LogP contribution in [0.5, 0.6) is 0 Å². The fourth-order valence-electron chi connectivity index (χ4n) is 1.89. The molecule has 0 radical (unpaired) electrons. The van der Waals surface area contributed by atoms with E-state index in [1.807, 2.05) is 0 Å². The number of thioether (sulfide) groups is 1. The highest BCUT2D eigenvalue weighted by molar-refractivity contribution is 8.13. The molecule has 102 valence electrons. The van der Waals surface area contributed by atoms with Gasteiger partial charge < -0.3 is 10.0 Å². The first-order chi connectivity index (χ1) is 8.34. The van der Waals surface area contributed by atoms with E-state index in [-0.39, 0.29) is 16.9 Å². The molecule has 5 nitrogen and oxygen atoms in total. The van der Waals surface area contributed by atoms with Crippen LogP contribution in [0.25, 0.3) is 0 Å². The van der Waals surface area contributed by atoms with Gasteiger partial charge >= 0.3 is 5.97 Å². The number of aliphatic carboxylic acids is 1. The molecule has 1 aliphatic rings. The highest BCUT2D eigenvalue weighted by atomic mass is 35.5. The maximum Gasteiger partial charge on any atom is 0.327 e. The Kier molecular flexibility index (Phi) is 5.47. The molecule has 0 bridgehead atoms. The van der Waals surface area contributed by atoms with Gasteiger partial charge in [-0.05, 0) is 6.42 Å². The molecule has 2 unspecified atom stereocenters. The van der Waals surface area contributed by atoms with Crippen LogP contribution in [0.4, 0.5) is 0 Å². The normalized spacial score (nSPS) is 24.9. The first kappa shape index (κ1) is 15.3. The highest BCUT2D eigenvalue weighted by Crippen LogP contribution is 2.25. The zero-order valence-electron chi connectivity index (χ0n) is 10.3. The second-order valence-electron chi connectivity index (χ2n) is 4.32. The minimum Gasteiger partial charge on any atom is -0.480 e. The number of likely N-dealkylation sites (tertiary alicyclic amines) is 1. The summed E-state index contributed by atoms with van der Waals surface area (Å²) in [7, 11) is 0. The lowest BCUT2D eigenvalue weighted by Crippen LogP contribution is -2.46. The number of amides is 1. The number of hydrogen-bond donors (Lipinski definition) is 1. The van der Waals surface area contributed by atoms with E-state index in [0.29, 0.717) is 18.7 Å². The van der Waals surface area contributed by atoms with Gasteiger partial charge in [-0.2, -0.15) is 0 Å². The number of carboxylic acids is 1.